The van der Waals surface area contributed by atoms with Gasteiger partial charge in [0.15, 0.2) is 0 Å². The van der Waals surface area contributed by atoms with Gasteiger partial charge in [-0.25, -0.2) is 8.42 Å². The van der Waals surface area contributed by atoms with E-state index >= 15 is 0 Å². The van der Waals surface area contributed by atoms with E-state index in [0.717, 1.165) is 35.5 Å². The minimum atomic E-state index is -3.81. The van der Waals surface area contributed by atoms with Gasteiger partial charge in [-0.05, 0) is 66.9 Å². The Morgan fingerprint density at radius 2 is 1.66 bits per heavy atom. The van der Waals surface area contributed by atoms with Gasteiger partial charge in [0.25, 0.3) is 10.0 Å². The van der Waals surface area contributed by atoms with E-state index in [1.54, 1.807) is 25.3 Å². The molecule has 1 fully saturated rings. The maximum Gasteiger partial charge on any atom is 0.262 e. The average molecular weight is 496 g/mol. The van der Waals surface area contributed by atoms with Crippen LogP contribution in [-0.4, -0.2) is 47.8 Å². The van der Waals surface area contributed by atoms with Gasteiger partial charge in [0.2, 0.25) is 0 Å². The van der Waals surface area contributed by atoms with Crippen molar-refractivity contribution in [3.05, 3.63) is 72.3 Å². The molecule has 1 aliphatic heterocycles. The molecule has 7 nitrogen and oxygen atoms in total. The van der Waals surface area contributed by atoms with E-state index in [9.17, 15) is 8.42 Å². The largest absolute Gasteiger partial charge is 0.495 e. The highest BCUT2D eigenvalue weighted by molar-refractivity contribution is 7.92. The number of ether oxygens (including phenoxy) is 2. The van der Waals surface area contributed by atoms with Gasteiger partial charge in [0, 0.05) is 38.0 Å². The average Bonchev–Trinajstić information content (AvgIpc) is 2.84. The van der Waals surface area contributed by atoms with Crippen molar-refractivity contribution in [1.82, 2.24) is 5.32 Å². The Balaban J connectivity index is 1.57. The summed E-state index contributed by atoms with van der Waals surface area (Å²) in [5.41, 5.74) is 4.37. The summed E-state index contributed by atoms with van der Waals surface area (Å²) in [6.45, 7) is 6.50. The van der Waals surface area contributed by atoms with E-state index < -0.39 is 10.0 Å². The standard InChI is InChI=1S/C27H33N3O4S/c1-19-16-30(17-20(2)28-19)24-10-13-27(34-4)26(15-24)29-35(31,32)25-11-8-22(9-12-25)23-7-5-6-21(14-23)18-33-3/h5-15,19-20,28-29H,16-18H2,1-4H3/t19-,20+. The van der Waals surface area contributed by atoms with Crippen molar-refractivity contribution >= 4 is 21.4 Å². The summed E-state index contributed by atoms with van der Waals surface area (Å²) in [6.07, 6.45) is 0. The molecule has 0 radical (unpaired) electrons. The van der Waals surface area contributed by atoms with Gasteiger partial charge in [0.05, 0.1) is 24.3 Å². The molecule has 3 aromatic rings. The molecule has 0 aliphatic carbocycles. The highest BCUT2D eigenvalue weighted by Crippen LogP contribution is 2.32. The zero-order chi connectivity index (χ0) is 25.0. The van der Waals surface area contributed by atoms with Gasteiger partial charge in [-0.2, -0.15) is 0 Å². The normalized spacial score (nSPS) is 18.3. The summed E-state index contributed by atoms with van der Waals surface area (Å²) >= 11 is 0. The first kappa shape index (κ1) is 25.0. The number of nitrogens with one attached hydrogen (secondary N) is 2. The number of rotatable bonds is 8. The van der Waals surface area contributed by atoms with E-state index in [4.69, 9.17) is 9.47 Å². The van der Waals surface area contributed by atoms with E-state index in [2.05, 4.69) is 28.8 Å². The summed E-state index contributed by atoms with van der Waals surface area (Å²) in [5.74, 6) is 0.472. The molecule has 4 rings (SSSR count). The lowest BCUT2D eigenvalue weighted by molar-refractivity contribution is 0.185. The molecule has 0 spiro atoms. The Morgan fingerprint density at radius 1 is 0.943 bits per heavy atom. The number of sulfonamides is 1. The molecule has 35 heavy (non-hydrogen) atoms. The highest BCUT2D eigenvalue weighted by Gasteiger charge is 2.23. The number of piperazine rings is 1. The van der Waals surface area contributed by atoms with Crippen LogP contribution in [0.5, 0.6) is 5.75 Å². The maximum absolute atomic E-state index is 13.2. The molecule has 0 amide bonds. The molecular formula is C27H33N3O4S. The second-order valence-electron chi connectivity index (χ2n) is 9.02. The predicted molar refractivity (Wildman–Crippen MR) is 141 cm³/mol. The van der Waals surface area contributed by atoms with E-state index in [1.165, 1.54) is 7.11 Å². The molecule has 1 aliphatic rings. The van der Waals surface area contributed by atoms with Crippen LogP contribution < -0.4 is 19.7 Å². The Kier molecular flexibility index (Phi) is 7.64. The van der Waals surface area contributed by atoms with Gasteiger partial charge in [-0.1, -0.05) is 30.3 Å². The fraction of sp³-hybridized carbons (Fsp3) is 0.333. The molecule has 0 bridgehead atoms. The summed E-state index contributed by atoms with van der Waals surface area (Å²) in [5, 5.41) is 3.52. The van der Waals surface area contributed by atoms with Crippen LogP contribution >= 0.6 is 0 Å². The van der Waals surface area contributed by atoms with E-state index in [1.807, 2.05) is 48.5 Å². The number of nitrogens with zero attached hydrogens (tertiary/aromatic N) is 1. The summed E-state index contributed by atoms with van der Waals surface area (Å²) in [7, 11) is -0.614. The van der Waals surface area contributed by atoms with Gasteiger partial charge in [0.1, 0.15) is 5.75 Å². The third-order valence-electron chi connectivity index (χ3n) is 6.09. The number of hydrogen-bond acceptors (Lipinski definition) is 6. The highest BCUT2D eigenvalue weighted by atomic mass is 32.2. The summed E-state index contributed by atoms with van der Waals surface area (Å²) < 4.78 is 39.9. The van der Waals surface area contributed by atoms with Crippen molar-refractivity contribution in [2.24, 2.45) is 0 Å². The zero-order valence-electron chi connectivity index (χ0n) is 20.6. The fourth-order valence-corrected chi connectivity index (χ4v) is 5.61. The first-order valence-electron chi connectivity index (χ1n) is 11.7. The van der Waals surface area contributed by atoms with Gasteiger partial charge < -0.3 is 19.7 Å². The van der Waals surface area contributed by atoms with Gasteiger partial charge in [-0.15, -0.1) is 0 Å². The minimum Gasteiger partial charge on any atom is -0.495 e. The van der Waals surface area contributed by atoms with E-state index in [-0.39, 0.29) is 4.90 Å². The van der Waals surface area contributed by atoms with Crippen molar-refractivity contribution < 1.29 is 17.9 Å². The second kappa shape index (κ2) is 10.7. The molecule has 1 heterocycles. The molecule has 2 N–H and O–H groups in total. The smallest absolute Gasteiger partial charge is 0.262 e. The molecule has 3 aromatic carbocycles. The fourth-order valence-electron chi connectivity index (χ4n) is 4.55. The monoisotopic (exact) mass is 495 g/mol. The third kappa shape index (κ3) is 5.96. The Bertz CT molecular complexity index is 1250. The van der Waals surface area contributed by atoms with Crippen LogP contribution in [0.15, 0.2) is 71.6 Å². The van der Waals surface area contributed by atoms with Crippen molar-refractivity contribution in [2.45, 2.75) is 37.4 Å². The number of benzene rings is 3. The molecule has 1 saturated heterocycles. The van der Waals surface area contributed by atoms with Crippen LogP contribution in [0, 0.1) is 0 Å². The molecule has 0 aromatic heterocycles. The third-order valence-corrected chi connectivity index (χ3v) is 7.47. The Hall–Kier alpha value is -3.07. The molecule has 0 unspecified atom stereocenters. The Labute approximate surface area is 208 Å². The summed E-state index contributed by atoms with van der Waals surface area (Å²) in [4.78, 5) is 2.45. The number of anilines is 2. The molecule has 186 valence electrons. The summed E-state index contributed by atoms with van der Waals surface area (Å²) in [6, 6.07) is 21.2. The Morgan fingerprint density at radius 3 is 2.31 bits per heavy atom. The molecule has 8 heteroatoms. The van der Waals surface area contributed by atoms with Crippen molar-refractivity contribution in [3.8, 4) is 16.9 Å². The van der Waals surface area contributed by atoms with Crippen molar-refractivity contribution in [3.63, 3.8) is 0 Å². The SMILES string of the molecule is COCc1cccc(-c2ccc(S(=O)(=O)Nc3cc(N4C[C@@H](C)N[C@@H](C)C4)ccc3OC)cc2)c1. The van der Waals surface area contributed by atoms with E-state index in [0.29, 0.717) is 30.1 Å². The van der Waals surface area contributed by atoms with Gasteiger partial charge in [-0.3, -0.25) is 4.72 Å². The first-order chi connectivity index (χ1) is 16.8. The lowest BCUT2D eigenvalue weighted by atomic mass is 10.0. The molecular weight excluding hydrogens is 462 g/mol. The second-order valence-corrected chi connectivity index (χ2v) is 10.7. The number of hydrogen-bond donors (Lipinski definition) is 2. The topological polar surface area (TPSA) is 79.9 Å². The number of methoxy groups -OCH3 is 2. The van der Waals surface area contributed by atoms with Crippen LogP contribution in [0.2, 0.25) is 0 Å². The lowest BCUT2D eigenvalue weighted by Gasteiger charge is -2.38. The van der Waals surface area contributed by atoms with Crippen LogP contribution in [0.1, 0.15) is 19.4 Å². The lowest BCUT2D eigenvalue weighted by Crippen LogP contribution is -2.54. The molecule has 2 atom stereocenters. The van der Waals surface area contributed by atoms with Crippen LogP contribution in [0.4, 0.5) is 11.4 Å². The first-order valence-corrected chi connectivity index (χ1v) is 13.2. The van der Waals surface area contributed by atoms with Crippen molar-refractivity contribution in [2.75, 3.05) is 36.9 Å². The van der Waals surface area contributed by atoms with Gasteiger partial charge >= 0.3 is 0 Å². The molecule has 0 saturated carbocycles. The van der Waals surface area contributed by atoms with Crippen LogP contribution in [0.25, 0.3) is 11.1 Å². The minimum absolute atomic E-state index is 0.186. The predicted octanol–water partition coefficient (Wildman–Crippen LogP) is 4.50. The van der Waals surface area contributed by atoms with Crippen LogP contribution in [-0.2, 0) is 21.4 Å². The van der Waals surface area contributed by atoms with Crippen LogP contribution in [0.3, 0.4) is 0 Å². The maximum atomic E-state index is 13.2. The quantitative estimate of drug-likeness (QED) is 0.479. The van der Waals surface area contributed by atoms with Crippen molar-refractivity contribution in [1.29, 1.82) is 0 Å². The zero-order valence-corrected chi connectivity index (χ0v) is 21.4.